The van der Waals surface area contributed by atoms with Gasteiger partial charge in [-0.1, -0.05) is 47.1 Å². The highest BCUT2D eigenvalue weighted by molar-refractivity contribution is 5.99. The minimum atomic E-state index is -0.0187. The van der Waals surface area contributed by atoms with Crippen molar-refractivity contribution in [2.45, 2.75) is 19.9 Å². The molecule has 0 bridgehead atoms. The number of nitrogens with two attached hydrogens (primary N) is 1. The maximum absolute atomic E-state index is 12.7. The fourth-order valence-electron chi connectivity index (χ4n) is 3.56. The summed E-state index contributed by atoms with van der Waals surface area (Å²) in [6.07, 6.45) is 0. The first kappa shape index (κ1) is 24.7. The third-order valence-corrected chi connectivity index (χ3v) is 5.45. The Morgan fingerprint density at radius 1 is 1.03 bits per heavy atom. The van der Waals surface area contributed by atoms with Crippen molar-refractivity contribution >= 4 is 36.4 Å². The number of carbonyl (C=O) groups excluding carboxylic acids is 1. The molecule has 7 nitrogen and oxygen atoms in total. The third-order valence-electron chi connectivity index (χ3n) is 5.45. The molecular formula is C22H27Cl2N5O2. The van der Waals surface area contributed by atoms with E-state index in [4.69, 9.17) is 10.3 Å². The zero-order valence-electron chi connectivity index (χ0n) is 17.5. The summed E-state index contributed by atoms with van der Waals surface area (Å²) in [6.45, 7) is 6.85. The zero-order chi connectivity index (χ0) is 20.4. The normalized spacial score (nSPS) is 15.0. The quantitative estimate of drug-likeness (QED) is 0.588. The molecular weight excluding hydrogens is 437 g/mol. The Balaban J connectivity index is 0.00000171. The second-order valence-corrected chi connectivity index (χ2v) is 7.41. The summed E-state index contributed by atoms with van der Waals surface area (Å²) >= 11 is 0. The smallest absolute Gasteiger partial charge is 0.256 e. The van der Waals surface area contributed by atoms with Crippen molar-refractivity contribution in [3.05, 3.63) is 65.5 Å². The number of rotatable bonds is 4. The summed E-state index contributed by atoms with van der Waals surface area (Å²) in [4.78, 5) is 21.4. The lowest BCUT2D eigenvalue weighted by molar-refractivity contribution is 0.0552. The number of para-hydroxylation sites is 1. The molecule has 31 heavy (non-hydrogen) atoms. The fourth-order valence-corrected chi connectivity index (χ4v) is 3.56. The topological polar surface area (TPSA) is 88.5 Å². The third kappa shape index (κ3) is 5.36. The van der Waals surface area contributed by atoms with Gasteiger partial charge in [0.15, 0.2) is 0 Å². The van der Waals surface area contributed by atoms with Crippen LogP contribution in [0.25, 0.3) is 11.4 Å². The Kier molecular flexibility index (Phi) is 8.44. The highest BCUT2D eigenvalue weighted by Crippen LogP contribution is 2.24. The predicted octanol–water partition coefficient (Wildman–Crippen LogP) is 3.99. The van der Waals surface area contributed by atoms with Crippen LogP contribution >= 0.6 is 24.8 Å². The molecule has 1 fully saturated rings. The van der Waals surface area contributed by atoms with E-state index in [1.165, 1.54) is 5.56 Å². The lowest BCUT2D eigenvalue weighted by atomic mass is 10.1. The number of hydrogen-bond acceptors (Lipinski definition) is 6. The van der Waals surface area contributed by atoms with Crippen LogP contribution < -0.4 is 5.73 Å². The zero-order valence-corrected chi connectivity index (χ0v) is 19.2. The summed E-state index contributed by atoms with van der Waals surface area (Å²) in [5.74, 6) is 1.17. The fraction of sp³-hybridized carbons (Fsp3) is 0.318. The molecule has 0 saturated carbocycles. The first-order valence-corrected chi connectivity index (χ1v) is 9.81. The van der Waals surface area contributed by atoms with Crippen LogP contribution in [0.15, 0.2) is 53.1 Å². The molecule has 0 spiro atoms. The van der Waals surface area contributed by atoms with E-state index in [1.54, 1.807) is 12.1 Å². The van der Waals surface area contributed by atoms with Crippen molar-refractivity contribution in [1.82, 2.24) is 19.9 Å². The molecule has 1 saturated heterocycles. The molecule has 1 atom stereocenters. The molecule has 0 aliphatic carbocycles. The SMILES string of the molecule is Cc1ccc(-c2noc(C(C)N3CCN(C(=O)c4ccccc4N)CC3)n2)cc1.Cl.Cl. The van der Waals surface area contributed by atoms with Crippen molar-refractivity contribution in [2.75, 3.05) is 31.9 Å². The Morgan fingerprint density at radius 3 is 2.32 bits per heavy atom. The number of nitrogen functional groups attached to an aromatic ring is 1. The van der Waals surface area contributed by atoms with Crippen LogP contribution in [0.4, 0.5) is 5.69 Å². The number of anilines is 1. The average Bonchev–Trinajstić information content (AvgIpc) is 3.24. The first-order chi connectivity index (χ1) is 14.0. The second-order valence-electron chi connectivity index (χ2n) is 7.41. The van der Waals surface area contributed by atoms with Crippen LogP contribution in [0, 0.1) is 6.92 Å². The molecule has 2 heterocycles. The summed E-state index contributed by atoms with van der Waals surface area (Å²) < 4.78 is 5.52. The Bertz CT molecular complexity index is 1000. The summed E-state index contributed by atoms with van der Waals surface area (Å²) in [6, 6.07) is 15.2. The standard InChI is InChI=1S/C22H25N5O2.2ClH/c1-15-7-9-17(10-8-15)20-24-21(29-25-20)16(2)26-11-13-27(14-12-26)22(28)18-5-3-4-6-19(18)23;;/h3-10,16H,11-14,23H2,1-2H3;2*1H. The molecule has 9 heteroatoms. The van der Waals surface area contributed by atoms with Crippen LogP contribution in [0.2, 0.25) is 0 Å². The van der Waals surface area contributed by atoms with E-state index in [0.29, 0.717) is 36.1 Å². The maximum Gasteiger partial charge on any atom is 0.256 e. The number of piperazine rings is 1. The van der Waals surface area contributed by atoms with Gasteiger partial charge >= 0.3 is 0 Å². The van der Waals surface area contributed by atoms with Gasteiger partial charge in [0, 0.05) is 37.4 Å². The number of carbonyl (C=O) groups is 1. The minimum Gasteiger partial charge on any atom is -0.398 e. The van der Waals surface area contributed by atoms with E-state index in [-0.39, 0.29) is 36.8 Å². The second kappa shape index (κ2) is 10.6. The average molecular weight is 464 g/mol. The number of amides is 1. The van der Waals surface area contributed by atoms with Gasteiger partial charge in [0.25, 0.3) is 5.91 Å². The van der Waals surface area contributed by atoms with Crippen LogP contribution in [-0.2, 0) is 0 Å². The number of benzene rings is 2. The molecule has 1 aliphatic heterocycles. The van der Waals surface area contributed by atoms with Gasteiger partial charge in [-0.05, 0) is 26.0 Å². The van der Waals surface area contributed by atoms with Crippen LogP contribution in [-0.4, -0.2) is 52.0 Å². The number of halogens is 2. The summed E-state index contributed by atoms with van der Waals surface area (Å²) in [5, 5.41) is 4.13. The Hall–Kier alpha value is -2.61. The van der Waals surface area contributed by atoms with Gasteiger partial charge in [-0.15, -0.1) is 24.8 Å². The van der Waals surface area contributed by atoms with E-state index >= 15 is 0 Å². The van der Waals surface area contributed by atoms with Crippen LogP contribution in [0.5, 0.6) is 0 Å². The van der Waals surface area contributed by atoms with E-state index in [0.717, 1.165) is 18.7 Å². The van der Waals surface area contributed by atoms with Crippen molar-refractivity contribution in [3.8, 4) is 11.4 Å². The van der Waals surface area contributed by atoms with Crippen molar-refractivity contribution in [2.24, 2.45) is 0 Å². The van der Waals surface area contributed by atoms with E-state index in [1.807, 2.05) is 48.2 Å². The van der Waals surface area contributed by atoms with Gasteiger partial charge in [0.1, 0.15) is 0 Å². The molecule has 1 amide bonds. The summed E-state index contributed by atoms with van der Waals surface area (Å²) in [5.41, 5.74) is 9.16. The van der Waals surface area contributed by atoms with Gasteiger partial charge in [0.05, 0.1) is 11.6 Å². The maximum atomic E-state index is 12.7. The summed E-state index contributed by atoms with van der Waals surface area (Å²) in [7, 11) is 0. The molecule has 2 N–H and O–H groups in total. The molecule has 3 aromatic rings. The van der Waals surface area contributed by atoms with Crippen molar-refractivity contribution < 1.29 is 9.32 Å². The lowest BCUT2D eigenvalue weighted by Gasteiger charge is -2.37. The lowest BCUT2D eigenvalue weighted by Crippen LogP contribution is -2.49. The minimum absolute atomic E-state index is 0. The molecule has 1 aromatic heterocycles. The van der Waals surface area contributed by atoms with Gasteiger partial charge in [-0.25, -0.2) is 0 Å². The molecule has 1 aliphatic rings. The van der Waals surface area contributed by atoms with Gasteiger partial charge < -0.3 is 15.2 Å². The predicted molar refractivity (Wildman–Crippen MR) is 126 cm³/mol. The highest BCUT2D eigenvalue weighted by atomic mass is 35.5. The van der Waals surface area contributed by atoms with Crippen molar-refractivity contribution in [3.63, 3.8) is 0 Å². The van der Waals surface area contributed by atoms with Crippen LogP contribution in [0.1, 0.15) is 34.8 Å². The number of aryl methyl sites for hydroxylation is 1. The molecule has 1 unspecified atom stereocenters. The van der Waals surface area contributed by atoms with E-state index < -0.39 is 0 Å². The van der Waals surface area contributed by atoms with Gasteiger partial charge in [-0.3, -0.25) is 9.69 Å². The number of nitrogens with zero attached hydrogens (tertiary/aromatic N) is 4. The highest BCUT2D eigenvalue weighted by Gasteiger charge is 2.28. The Morgan fingerprint density at radius 2 is 1.68 bits per heavy atom. The molecule has 2 aromatic carbocycles. The monoisotopic (exact) mass is 463 g/mol. The van der Waals surface area contributed by atoms with Gasteiger partial charge in [0.2, 0.25) is 11.7 Å². The van der Waals surface area contributed by atoms with E-state index in [9.17, 15) is 4.79 Å². The van der Waals surface area contributed by atoms with Crippen LogP contribution in [0.3, 0.4) is 0 Å². The van der Waals surface area contributed by atoms with Gasteiger partial charge in [-0.2, -0.15) is 4.98 Å². The number of aromatic nitrogens is 2. The van der Waals surface area contributed by atoms with E-state index in [2.05, 4.69) is 22.0 Å². The van der Waals surface area contributed by atoms with Crippen molar-refractivity contribution in [1.29, 1.82) is 0 Å². The largest absolute Gasteiger partial charge is 0.398 e. The Labute approximate surface area is 194 Å². The molecule has 4 rings (SSSR count). The molecule has 0 radical (unpaired) electrons. The number of hydrogen-bond donors (Lipinski definition) is 1. The first-order valence-electron chi connectivity index (χ1n) is 9.81. The molecule has 166 valence electrons.